The van der Waals surface area contributed by atoms with E-state index in [4.69, 9.17) is 18.0 Å². The molecule has 1 rings (SSSR count). The highest BCUT2D eigenvalue weighted by Gasteiger charge is 2.08. The minimum atomic E-state index is -0.0824. The number of carbonyl (C=O) groups is 1. The summed E-state index contributed by atoms with van der Waals surface area (Å²) in [6, 6.07) is 7.07. The second-order valence-corrected chi connectivity index (χ2v) is 5.57. The van der Waals surface area contributed by atoms with Crippen LogP contribution in [0.1, 0.15) is 22.8 Å². The van der Waals surface area contributed by atoms with Gasteiger partial charge in [-0.05, 0) is 30.1 Å². The molecule has 0 aliphatic heterocycles. The summed E-state index contributed by atoms with van der Waals surface area (Å²) in [6.45, 7) is 2.79. The van der Waals surface area contributed by atoms with E-state index in [1.165, 1.54) is 0 Å². The molecule has 0 saturated carbocycles. The van der Waals surface area contributed by atoms with Gasteiger partial charge in [0, 0.05) is 17.7 Å². The molecule has 1 aromatic rings. The van der Waals surface area contributed by atoms with Crippen molar-refractivity contribution in [2.75, 3.05) is 18.6 Å². The third-order valence-corrected chi connectivity index (χ3v) is 3.61. The number of hydrogen-bond donors (Lipinski definition) is 2. The number of amides is 1. The molecule has 5 heteroatoms. The number of benzene rings is 1. The Kier molecular flexibility index (Phi) is 6.15. The maximum absolute atomic E-state index is 11.9. The maximum atomic E-state index is 11.9. The molecule has 1 amide bonds. The molecule has 1 atom stereocenters. The van der Waals surface area contributed by atoms with Crippen LogP contribution < -0.4 is 11.1 Å². The molecule has 0 fully saturated rings. The fourth-order valence-corrected chi connectivity index (χ4v) is 2.34. The minimum Gasteiger partial charge on any atom is -0.389 e. The lowest BCUT2D eigenvalue weighted by Gasteiger charge is -2.11. The third-order valence-electron chi connectivity index (χ3n) is 2.47. The normalized spacial score (nSPS) is 11.9. The van der Waals surface area contributed by atoms with Crippen LogP contribution >= 0.6 is 24.0 Å². The van der Waals surface area contributed by atoms with Crippen LogP contribution in [0, 0.1) is 5.92 Å². The van der Waals surface area contributed by atoms with Crippen molar-refractivity contribution in [3.8, 4) is 0 Å². The lowest BCUT2D eigenvalue weighted by Crippen LogP contribution is -2.29. The molecule has 1 unspecified atom stereocenters. The molecule has 0 heterocycles. The van der Waals surface area contributed by atoms with Crippen molar-refractivity contribution in [2.24, 2.45) is 11.7 Å². The zero-order valence-corrected chi connectivity index (χ0v) is 12.2. The highest BCUT2D eigenvalue weighted by Crippen LogP contribution is 2.07. The van der Waals surface area contributed by atoms with E-state index >= 15 is 0 Å². The van der Waals surface area contributed by atoms with E-state index in [1.807, 2.05) is 0 Å². The monoisotopic (exact) mass is 282 g/mol. The van der Waals surface area contributed by atoms with Crippen molar-refractivity contribution in [2.45, 2.75) is 6.92 Å². The lowest BCUT2D eigenvalue weighted by molar-refractivity contribution is 0.0949. The van der Waals surface area contributed by atoms with Crippen LogP contribution in [0.2, 0.25) is 0 Å². The van der Waals surface area contributed by atoms with Crippen molar-refractivity contribution in [1.29, 1.82) is 0 Å². The SMILES string of the molecule is CSCC(C)CNC(=O)c1cccc(C(N)=S)c1. The van der Waals surface area contributed by atoms with Crippen LogP contribution in [0.3, 0.4) is 0 Å². The van der Waals surface area contributed by atoms with E-state index in [0.29, 0.717) is 23.0 Å². The Balaban J connectivity index is 2.61. The molecule has 0 spiro atoms. The van der Waals surface area contributed by atoms with Gasteiger partial charge in [0.05, 0.1) is 0 Å². The van der Waals surface area contributed by atoms with E-state index in [1.54, 1.807) is 36.0 Å². The molecule has 98 valence electrons. The zero-order valence-electron chi connectivity index (χ0n) is 10.6. The quantitative estimate of drug-likeness (QED) is 0.784. The van der Waals surface area contributed by atoms with Crippen molar-refractivity contribution in [3.05, 3.63) is 35.4 Å². The molecule has 0 aromatic heterocycles. The molecule has 0 aliphatic carbocycles. The van der Waals surface area contributed by atoms with E-state index in [2.05, 4.69) is 18.5 Å². The summed E-state index contributed by atoms with van der Waals surface area (Å²) >= 11 is 6.67. The predicted molar refractivity (Wildman–Crippen MR) is 82.2 cm³/mol. The van der Waals surface area contributed by atoms with Gasteiger partial charge in [-0.3, -0.25) is 4.79 Å². The third kappa shape index (κ3) is 4.66. The first-order valence-corrected chi connectivity index (χ1v) is 7.51. The van der Waals surface area contributed by atoms with Crippen LogP contribution in [0.15, 0.2) is 24.3 Å². The largest absolute Gasteiger partial charge is 0.389 e. The van der Waals surface area contributed by atoms with Gasteiger partial charge in [0.1, 0.15) is 4.99 Å². The van der Waals surface area contributed by atoms with E-state index in [0.717, 1.165) is 11.3 Å². The average molecular weight is 282 g/mol. The summed E-state index contributed by atoms with van der Waals surface area (Å²) in [7, 11) is 0. The van der Waals surface area contributed by atoms with Crippen LogP contribution in [0.4, 0.5) is 0 Å². The summed E-state index contributed by atoms with van der Waals surface area (Å²) in [5.74, 6) is 1.41. The number of rotatable bonds is 6. The van der Waals surface area contributed by atoms with Crippen molar-refractivity contribution in [3.63, 3.8) is 0 Å². The average Bonchev–Trinajstić information content (AvgIpc) is 2.36. The highest BCUT2D eigenvalue weighted by atomic mass is 32.2. The maximum Gasteiger partial charge on any atom is 0.251 e. The predicted octanol–water partition coefficient (Wildman–Crippen LogP) is 2.05. The Morgan fingerprint density at radius 1 is 1.50 bits per heavy atom. The van der Waals surface area contributed by atoms with Crippen molar-refractivity contribution in [1.82, 2.24) is 5.32 Å². The standard InChI is InChI=1S/C13H18N2OS2/c1-9(8-18-2)7-15-13(16)11-5-3-4-10(6-11)12(14)17/h3-6,9H,7-8H2,1-2H3,(H2,14,17)(H,15,16). The smallest absolute Gasteiger partial charge is 0.251 e. The number of carbonyl (C=O) groups excluding carboxylic acids is 1. The van der Waals surface area contributed by atoms with Gasteiger partial charge in [-0.15, -0.1) is 0 Å². The molecule has 3 N–H and O–H groups in total. The molecule has 1 aromatic carbocycles. The van der Waals surface area contributed by atoms with Gasteiger partial charge in [-0.25, -0.2) is 0 Å². The summed E-state index contributed by atoms with van der Waals surface area (Å²) in [4.78, 5) is 12.2. The number of nitrogens with one attached hydrogen (secondary N) is 1. The van der Waals surface area contributed by atoms with Crippen LogP contribution in [0.25, 0.3) is 0 Å². The van der Waals surface area contributed by atoms with Crippen molar-refractivity contribution >= 4 is 34.9 Å². The van der Waals surface area contributed by atoms with Gasteiger partial charge in [-0.2, -0.15) is 11.8 Å². The zero-order chi connectivity index (χ0) is 13.5. The number of thioether (sulfide) groups is 1. The number of nitrogens with two attached hydrogens (primary N) is 1. The topological polar surface area (TPSA) is 55.1 Å². The Morgan fingerprint density at radius 2 is 2.17 bits per heavy atom. The van der Waals surface area contributed by atoms with Gasteiger partial charge in [0.15, 0.2) is 0 Å². The van der Waals surface area contributed by atoms with Crippen LogP contribution in [-0.2, 0) is 0 Å². The Labute approximate surface area is 118 Å². The molecule has 0 radical (unpaired) electrons. The van der Waals surface area contributed by atoms with Crippen LogP contribution in [-0.4, -0.2) is 29.4 Å². The molecule has 0 bridgehead atoms. The van der Waals surface area contributed by atoms with Gasteiger partial charge < -0.3 is 11.1 Å². The van der Waals surface area contributed by atoms with Crippen LogP contribution in [0.5, 0.6) is 0 Å². The number of thiocarbonyl (C=S) groups is 1. The van der Waals surface area contributed by atoms with E-state index < -0.39 is 0 Å². The molecule has 3 nitrogen and oxygen atoms in total. The minimum absolute atomic E-state index is 0.0824. The highest BCUT2D eigenvalue weighted by molar-refractivity contribution is 7.98. The van der Waals surface area contributed by atoms with Gasteiger partial charge in [-0.1, -0.05) is 31.3 Å². The lowest BCUT2D eigenvalue weighted by atomic mass is 10.1. The van der Waals surface area contributed by atoms with Gasteiger partial charge in [0.25, 0.3) is 5.91 Å². The molecular weight excluding hydrogens is 264 g/mol. The van der Waals surface area contributed by atoms with Gasteiger partial charge >= 0.3 is 0 Å². The molecular formula is C13H18N2OS2. The first-order chi connectivity index (χ1) is 8.54. The Bertz CT molecular complexity index is 435. The molecule has 0 aliphatic rings. The molecule has 0 saturated heterocycles. The first kappa shape index (κ1) is 15.0. The Hall–Kier alpha value is -1.07. The summed E-state index contributed by atoms with van der Waals surface area (Å²) in [5, 5.41) is 2.91. The Morgan fingerprint density at radius 3 is 2.78 bits per heavy atom. The first-order valence-electron chi connectivity index (χ1n) is 5.71. The summed E-state index contributed by atoms with van der Waals surface area (Å²) < 4.78 is 0. The second kappa shape index (κ2) is 7.38. The van der Waals surface area contributed by atoms with Crippen molar-refractivity contribution < 1.29 is 4.79 Å². The van der Waals surface area contributed by atoms with E-state index in [-0.39, 0.29) is 5.91 Å². The van der Waals surface area contributed by atoms with E-state index in [9.17, 15) is 4.79 Å². The fourth-order valence-electron chi connectivity index (χ4n) is 1.53. The summed E-state index contributed by atoms with van der Waals surface area (Å²) in [6.07, 6.45) is 2.06. The summed E-state index contributed by atoms with van der Waals surface area (Å²) in [5.41, 5.74) is 6.85. The molecule has 18 heavy (non-hydrogen) atoms. The second-order valence-electron chi connectivity index (χ2n) is 4.22. The van der Waals surface area contributed by atoms with Gasteiger partial charge in [0.2, 0.25) is 0 Å². The number of hydrogen-bond acceptors (Lipinski definition) is 3. The fraction of sp³-hybridized carbons (Fsp3) is 0.385.